The molecule has 4 atom stereocenters. The second kappa shape index (κ2) is 2.27. The Labute approximate surface area is 77.8 Å². The molecular weight excluding hydrogens is 166 g/mol. The second-order valence-electron chi connectivity index (χ2n) is 4.71. The highest BCUT2D eigenvalue weighted by Crippen LogP contribution is 2.65. The molecule has 3 aliphatic rings. The zero-order valence-electron chi connectivity index (χ0n) is 7.88. The molecule has 1 N–H and O–H groups in total. The Bertz CT molecular complexity index is 266. The number of ether oxygens (including phenoxy) is 1. The molecule has 0 unspecified atom stereocenters. The minimum atomic E-state index is -0.0567. The first-order chi connectivity index (χ1) is 6.28. The number of carbonyl (C=O) groups is 1. The van der Waals surface area contributed by atoms with Crippen LogP contribution in [-0.4, -0.2) is 25.7 Å². The lowest BCUT2D eigenvalue weighted by molar-refractivity contribution is -0.152. The van der Waals surface area contributed by atoms with Gasteiger partial charge in [-0.2, -0.15) is 0 Å². The molecule has 0 radical (unpaired) electrons. The van der Waals surface area contributed by atoms with E-state index in [0.29, 0.717) is 5.41 Å². The van der Waals surface area contributed by atoms with Crippen molar-refractivity contribution in [3.8, 4) is 0 Å². The summed E-state index contributed by atoms with van der Waals surface area (Å²) in [6.45, 7) is 1.04. The molecule has 3 fully saturated rings. The van der Waals surface area contributed by atoms with E-state index in [4.69, 9.17) is 4.74 Å². The number of nitrogens with one attached hydrogen (secondary N) is 1. The summed E-state index contributed by atoms with van der Waals surface area (Å²) in [4.78, 5) is 11.4. The normalized spacial score (nSPS) is 51.3. The van der Waals surface area contributed by atoms with E-state index in [1.54, 1.807) is 0 Å². The number of fused-ring (bicyclic) bond motifs is 2. The summed E-state index contributed by atoms with van der Waals surface area (Å²) in [5.41, 5.74) is 0.303. The van der Waals surface area contributed by atoms with Gasteiger partial charge in [0.2, 0.25) is 0 Å². The highest BCUT2D eigenvalue weighted by atomic mass is 16.5. The van der Waals surface area contributed by atoms with E-state index in [1.807, 2.05) is 0 Å². The standard InChI is InChI=1S/C10H15NO2/c1-13-9(12)8-10(5-11-8)3-2-6-4-7(6)10/h6-8,11H,2-5H2,1H3/t6-,7-,8+,10+/m1/s1. The maximum atomic E-state index is 11.4. The first-order valence-electron chi connectivity index (χ1n) is 5.09. The van der Waals surface area contributed by atoms with E-state index in [0.717, 1.165) is 18.4 Å². The van der Waals surface area contributed by atoms with Crippen molar-refractivity contribution in [1.29, 1.82) is 0 Å². The summed E-state index contributed by atoms with van der Waals surface area (Å²) in [5.74, 6) is 1.71. The average Bonchev–Trinajstić information content (AvgIpc) is 2.78. The van der Waals surface area contributed by atoms with Crippen LogP contribution in [0, 0.1) is 17.3 Å². The molecule has 2 saturated carbocycles. The Morgan fingerprint density at radius 2 is 2.46 bits per heavy atom. The summed E-state index contributed by atoms with van der Waals surface area (Å²) in [6.07, 6.45) is 3.92. The van der Waals surface area contributed by atoms with Gasteiger partial charge < -0.3 is 10.1 Å². The lowest BCUT2D eigenvalue weighted by atomic mass is 9.69. The Kier molecular flexibility index (Phi) is 1.36. The fraction of sp³-hybridized carbons (Fsp3) is 0.900. The molecule has 0 bridgehead atoms. The molecule has 2 aliphatic carbocycles. The molecule has 72 valence electrons. The molecule has 1 spiro atoms. The molecule has 1 heterocycles. The number of esters is 1. The summed E-state index contributed by atoms with van der Waals surface area (Å²) in [7, 11) is 1.48. The summed E-state index contributed by atoms with van der Waals surface area (Å²) < 4.78 is 4.81. The van der Waals surface area contributed by atoms with Crippen molar-refractivity contribution in [1.82, 2.24) is 5.32 Å². The lowest BCUT2D eigenvalue weighted by Crippen LogP contribution is -2.66. The van der Waals surface area contributed by atoms with E-state index in [2.05, 4.69) is 5.32 Å². The van der Waals surface area contributed by atoms with Crippen LogP contribution in [0.2, 0.25) is 0 Å². The smallest absolute Gasteiger partial charge is 0.323 e. The van der Waals surface area contributed by atoms with Gasteiger partial charge in [0, 0.05) is 12.0 Å². The Balaban J connectivity index is 1.81. The van der Waals surface area contributed by atoms with Crippen molar-refractivity contribution in [2.45, 2.75) is 25.3 Å². The predicted octanol–water partition coefficient (Wildman–Crippen LogP) is 0.547. The fourth-order valence-electron chi connectivity index (χ4n) is 3.39. The summed E-state index contributed by atoms with van der Waals surface area (Å²) in [5, 5.41) is 3.21. The highest BCUT2D eigenvalue weighted by Gasteiger charge is 2.66. The van der Waals surface area contributed by atoms with Gasteiger partial charge in [-0.1, -0.05) is 0 Å². The quantitative estimate of drug-likeness (QED) is 0.600. The SMILES string of the molecule is COC(=O)[C@@H]1NC[C@]12CC[C@@H]1C[C@H]12. The number of hydrogen-bond donors (Lipinski definition) is 1. The highest BCUT2D eigenvalue weighted by molar-refractivity contribution is 5.78. The van der Waals surface area contributed by atoms with Crippen molar-refractivity contribution < 1.29 is 9.53 Å². The van der Waals surface area contributed by atoms with Crippen molar-refractivity contribution in [2.24, 2.45) is 17.3 Å². The van der Waals surface area contributed by atoms with Gasteiger partial charge in [-0.05, 0) is 31.1 Å². The Morgan fingerprint density at radius 1 is 1.62 bits per heavy atom. The van der Waals surface area contributed by atoms with Gasteiger partial charge in [0.15, 0.2) is 0 Å². The first kappa shape index (κ1) is 7.80. The Hall–Kier alpha value is -0.570. The number of carbonyl (C=O) groups excluding carboxylic acids is 1. The molecule has 1 aliphatic heterocycles. The fourth-order valence-corrected chi connectivity index (χ4v) is 3.39. The summed E-state index contributed by atoms with van der Waals surface area (Å²) in [6, 6.07) is 0.00926. The maximum Gasteiger partial charge on any atom is 0.323 e. The molecule has 0 aromatic heterocycles. The number of methoxy groups -OCH3 is 1. The zero-order chi connectivity index (χ0) is 9.05. The van der Waals surface area contributed by atoms with Crippen LogP contribution in [-0.2, 0) is 9.53 Å². The van der Waals surface area contributed by atoms with Gasteiger partial charge in [0.25, 0.3) is 0 Å². The average molecular weight is 181 g/mol. The second-order valence-corrected chi connectivity index (χ2v) is 4.71. The van der Waals surface area contributed by atoms with Gasteiger partial charge in [-0.25, -0.2) is 0 Å². The molecule has 1 saturated heterocycles. The van der Waals surface area contributed by atoms with Gasteiger partial charge in [-0.15, -0.1) is 0 Å². The third-order valence-corrected chi connectivity index (χ3v) is 4.29. The molecule has 3 nitrogen and oxygen atoms in total. The van der Waals surface area contributed by atoms with Crippen LogP contribution < -0.4 is 5.32 Å². The largest absolute Gasteiger partial charge is 0.468 e. The Morgan fingerprint density at radius 3 is 2.85 bits per heavy atom. The maximum absolute atomic E-state index is 11.4. The third kappa shape index (κ3) is 0.810. The van der Waals surface area contributed by atoms with Crippen LogP contribution in [0.3, 0.4) is 0 Å². The molecule has 13 heavy (non-hydrogen) atoms. The predicted molar refractivity (Wildman–Crippen MR) is 47.1 cm³/mol. The van der Waals surface area contributed by atoms with Crippen molar-refractivity contribution in [2.75, 3.05) is 13.7 Å². The number of hydrogen-bond acceptors (Lipinski definition) is 3. The van der Waals surface area contributed by atoms with Crippen molar-refractivity contribution >= 4 is 5.97 Å². The minimum absolute atomic E-state index is 0.00926. The van der Waals surface area contributed by atoms with E-state index < -0.39 is 0 Å². The van der Waals surface area contributed by atoms with Crippen LogP contribution in [0.5, 0.6) is 0 Å². The molecule has 0 aromatic carbocycles. The van der Waals surface area contributed by atoms with E-state index in [1.165, 1.54) is 26.4 Å². The molecule has 0 aromatic rings. The third-order valence-electron chi connectivity index (χ3n) is 4.29. The van der Waals surface area contributed by atoms with E-state index in [-0.39, 0.29) is 12.0 Å². The molecule has 0 amide bonds. The van der Waals surface area contributed by atoms with Crippen LogP contribution in [0.15, 0.2) is 0 Å². The van der Waals surface area contributed by atoms with Gasteiger partial charge in [0.1, 0.15) is 6.04 Å². The van der Waals surface area contributed by atoms with E-state index >= 15 is 0 Å². The van der Waals surface area contributed by atoms with Crippen LogP contribution in [0.1, 0.15) is 19.3 Å². The van der Waals surface area contributed by atoms with Crippen molar-refractivity contribution in [3.63, 3.8) is 0 Å². The van der Waals surface area contributed by atoms with Gasteiger partial charge in [-0.3, -0.25) is 4.79 Å². The topological polar surface area (TPSA) is 38.3 Å². The molecule has 3 heteroatoms. The van der Waals surface area contributed by atoms with Gasteiger partial charge >= 0.3 is 5.97 Å². The monoisotopic (exact) mass is 181 g/mol. The summed E-state index contributed by atoms with van der Waals surface area (Å²) >= 11 is 0. The van der Waals surface area contributed by atoms with Crippen molar-refractivity contribution in [3.05, 3.63) is 0 Å². The minimum Gasteiger partial charge on any atom is -0.468 e. The number of rotatable bonds is 1. The lowest BCUT2D eigenvalue weighted by Gasteiger charge is -2.47. The van der Waals surface area contributed by atoms with Gasteiger partial charge in [0.05, 0.1) is 7.11 Å². The van der Waals surface area contributed by atoms with Crippen LogP contribution in [0.4, 0.5) is 0 Å². The van der Waals surface area contributed by atoms with E-state index in [9.17, 15) is 4.79 Å². The first-order valence-corrected chi connectivity index (χ1v) is 5.09. The zero-order valence-corrected chi connectivity index (χ0v) is 7.88. The van der Waals surface area contributed by atoms with Crippen LogP contribution in [0.25, 0.3) is 0 Å². The molecular formula is C10H15NO2. The van der Waals surface area contributed by atoms with Crippen LogP contribution >= 0.6 is 0 Å². The molecule has 3 rings (SSSR count).